The van der Waals surface area contributed by atoms with E-state index in [0.717, 1.165) is 18.4 Å². The van der Waals surface area contributed by atoms with Crippen LogP contribution in [-0.2, 0) is 21.7 Å². The molecule has 0 bridgehead atoms. The number of nitrogens with one attached hydrogen (secondary N) is 1. The number of halogens is 2. The molecular weight excluding hydrogens is 504 g/mol. The second-order valence-electron chi connectivity index (χ2n) is 9.65. The summed E-state index contributed by atoms with van der Waals surface area (Å²) in [6.45, 7) is 0.302. The number of aliphatic carboxylic acids is 1. The van der Waals surface area contributed by atoms with Crippen molar-refractivity contribution in [3.63, 3.8) is 0 Å². The minimum Gasteiger partial charge on any atom is -0.481 e. The van der Waals surface area contributed by atoms with Crippen LogP contribution in [0.1, 0.15) is 24.0 Å². The molecule has 0 saturated carbocycles. The Morgan fingerprint density at radius 1 is 1.24 bits per heavy atom. The van der Waals surface area contributed by atoms with Crippen LogP contribution in [0.25, 0.3) is 11.3 Å². The van der Waals surface area contributed by atoms with Crippen molar-refractivity contribution in [3.8, 4) is 0 Å². The second-order valence-corrected chi connectivity index (χ2v) is 11.8. The van der Waals surface area contributed by atoms with Crippen molar-refractivity contribution in [2.45, 2.75) is 18.9 Å². The number of allylic oxidation sites excluding steroid dienone is 1. The zero-order valence-electron chi connectivity index (χ0n) is 20.2. The molecule has 3 aliphatic rings. The first-order chi connectivity index (χ1) is 17.4. The third kappa shape index (κ3) is 4.48. The molecule has 2 aliphatic heterocycles. The SMILES string of the molecule is Cn1ccc2c(c1=O)C1=C3C(=CN(c4ccc(F)cc4F)C3C(CCC(=O)O)CN1)C=C2CS(C)(=O)=O. The van der Waals surface area contributed by atoms with E-state index in [0.29, 0.717) is 40.1 Å². The molecule has 0 spiro atoms. The monoisotopic (exact) mass is 529 g/mol. The number of aromatic nitrogens is 1. The molecule has 1 aromatic heterocycles. The number of anilines is 1. The molecule has 1 aromatic carbocycles. The average Bonchev–Trinajstić information content (AvgIpc) is 3.11. The van der Waals surface area contributed by atoms with Crippen molar-refractivity contribution in [2.75, 3.05) is 23.5 Å². The standard InChI is InChI=1S/C26H25F2N3O5S/c1-30-8-7-18-16(13-37(2,35)36)9-15-12-31(20-5-4-17(27)10-19(20)28)25-14(3-6-21(32)33)11-29-24(22(15)25)23(18)26(30)34/h4-5,7-10,12,14,25,29H,3,6,11,13H2,1-2H3,(H,32,33). The first kappa shape index (κ1) is 24.9. The second kappa shape index (κ2) is 8.98. The van der Waals surface area contributed by atoms with Gasteiger partial charge in [0.2, 0.25) is 0 Å². The highest BCUT2D eigenvalue weighted by Gasteiger charge is 2.44. The largest absolute Gasteiger partial charge is 0.481 e. The Balaban J connectivity index is 1.78. The Hall–Kier alpha value is -3.73. The van der Waals surface area contributed by atoms with Crippen LogP contribution in [0, 0.1) is 17.6 Å². The van der Waals surface area contributed by atoms with Crippen LogP contribution < -0.4 is 15.8 Å². The van der Waals surface area contributed by atoms with Gasteiger partial charge in [-0.2, -0.15) is 0 Å². The summed E-state index contributed by atoms with van der Waals surface area (Å²) < 4.78 is 54.8. The molecule has 3 heterocycles. The van der Waals surface area contributed by atoms with E-state index in [4.69, 9.17) is 0 Å². The lowest BCUT2D eigenvalue weighted by Crippen LogP contribution is -2.46. The van der Waals surface area contributed by atoms with Gasteiger partial charge in [-0.25, -0.2) is 17.2 Å². The zero-order chi connectivity index (χ0) is 26.6. The number of nitrogens with zero attached hydrogens (tertiary/aromatic N) is 2. The number of sulfone groups is 1. The van der Waals surface area contributed by atoms with Gasteiger partial charge in [-0.1, -0.05) is 0 Å². The number of carboxylic acids is 1. The third-order valence-electron chi connectivity index (χ3n) is 6.97. The predicted molar refractivity (Wildman–Crippen MR) is 135 cm³/mol. The van der Waals surface area contributed by atoms with Crippen LogP contribution >= 0.6 is 0 Å². The number of aryl methyl sites for hydroxylation is 1. The van der Waals surface area contributed by atoms with Gasteiger partial charge in [0.1, 0.15) is 11.6 Å². The van der Waals surface area contributed by atoms with E-state index >= 15 is 0 Å². The summed E-state index contributed by atoms with van der Waals surface area (Å²) in [4.78, 5) is 26.4. The molecule has 2 aromatic rings. The number of hydrogen-bond acceptors (Lipinski definition) is 6. The first-order valence-corrected chi connectivity index (χ1v) is 13.7. The maximum Gasteiger partial charge on any atom is 0.303 e. The number of carboxylic acid groups (broad SMARTS) is 1. The Morgan fingerprint density at radius 2 is 2.00 bits per heavy atom. The normalized spacial score (nSPS) is 20.5. The van der Waals surface area contributed by atoms with Gasteiger partial charge in [-0.3, -0.25) is 9.59 Å². The van der Waals surface area contributed by atoms with Crippen LogP contribution in [0.4, 0.5) is 14.5 Å². The van der Waals surface area contributed by atoms with Gasteiger partial charge in [0, 0.05) is 56.2 Å². The molecule has 11 heteroatoms. The highest BCUT2D eigenvalue weighted by Crippen LogP contribution is 2.46. The van der Waals surface area contributed by atoms with Gasteiger partial charge in [0.15, 0.2) is 9.84 Å². The lowest BCUT2D eigenvalue weighted by atomic mass is 9.82. The van der Waals surface area contributed by atoms with Crippen LogP contribution in [0.2, 0.25) is 0 Å². The fourth-order valence-electron chi connectivity index (χ4n) is 5.43. The summed E-state index contributed by atoms with van der Waals surface area (Å²) >= 11 is 0. The average molecular weight is 530 g/mol. The molecule has 8 nitrogen and oxygen atoms in total. The van der Waals surface area contributed by atoms with E-state index in [-0.39, 0.29) is 35.8 Å². The summed E-state index contributed by atoms with van der Waals surface area (Å²) in [6.07, 6.45) is 6.19. The summed E-state index contributed by atoms with van der Waals surface area (Å²) in [5, 5.41) is 12.6. The molecule has 0 radical (unpaired) electrons. The molecule has 0 saturated heterocycles. The number of benzene rings is 1. The predicted octanol–water partition coefficient (Wildman–Crippen LogP) is 2.67. The summed E-state index contributed by atoms with van der Waals surface area (Å²) in [7, 11) is -1.89. The van der Waals surface area contributed by atoms with E-state index in [1.54, 1.807) is 36.5 Å². The van der Waals surface area contributed by atoms with Crippen LogP contribution in [0.5, 0.6) is 0 Å². The van der Waals surface area contributed by atoms with E-state index < -0.39 is 33.5 Å². The van der Waals surface area contributed by atoms with Crippen LogP contribution in [-0.4, -0.2) is 48.7 Å². The van der Waals surface area contributed by atoms with Gasteiger partial charge < -0.3 is 19.9 Å². The molecule has 2 unspecified atom stereocenters. The van der Waals surface area contributed by atoms with Gasteiger partial charge in [-0.05, 0) is 47.4 Å². The van der Waals surface area contributed by atoms with Crippen LogP contribution in [0.15, 0.2) is 58.7 Å². The van der Waals surface area contributed by atoms with Crippen molar-refractivity contribution >= 4 is 32.8 Å². The topological polar surface area (TPSA) is 109 Å². The third-order valence-corrected chi connectivity index (χ3v) is 7.81. The van der Waals surface area contributed by atoms with Crippen molar-refractivity contribution in [2.24, 2.45) is 13.0 Å². The van der Waals surface area contributed by atoms with Crippen molar-refractivity contribution < 1.29 is 27.1 Å². The highest BCUT2D eigenvalue weighted by atomic mass is 32.2. The van der Waals surface area contributed by atoms with E-state index in [1.165, 1.54) is 10.6 Å². The fourth-order valence-corrected chi connectivity index (χ4v) is 6.23. The number of rotatable bonds is 6. The number of pyridine rings is 1. The summed E-state index contributed by atoms with van der Waals surface area (Å²) in [5.74, 6) is -3.11. The number of hydrogen-bond donors (Lipinski definition) is 2. The molecule has 0 amide bonds. The van der Waals surface area contributed by atoms with Gasteiger partial charge in [0.25, 0.3) is 5.56 Å². The number of fused-ring (bicyclic) bond motifs is 2. The van der Waals surface area contributed by atoms with Gasteiger partial charge >= 0.3 is 5.97 Å². The molecule has 2 atom stereocenters. The van der Waals surface area contributed by atoms with E-state index in [2.05, 4.69) is 5.32 Å². The fraction of sp³-hybridized carbons (Fsp3) is 0.308. The molecule has 194 valence electrons. The Kier molecular flexibility index (Phi) is 6.06. The van der Waals surface area contributed by atoms with E-state index in [1.807, 2.05) is 0 Å². The summed E-state index contributed by atoms with van der Waals surface area (Å²) in [6, 6.07) is 4.38. The van der Waals surface area contributed by atoms with Gasteiger partial charge in [0.05, 0.1) is 28.7 Å². The minimum atomic E-state index is -3.49. The molecule has 2 N–H and O–H groups in total. The highest BCUT2D eigenvalue weighted by molar-refractivity contribution is 7.91. The quantitative estimate of drug-likeness (QED) is 0.592. The molecule has 0 fully saturated rings. The van der Waals surface area contributed by atoms with Crippen molar-refractivity contribution in [3.05, 3.63) is 87.0 Å². The van der Waals surface area contributed by atoms with E-state index in [9.17, 15) is 31.9 Å². The molecule has 37 heavy (non-hydrogen) atoms. The zero-order valence-corrected chi connectivity index (χ0v) is 21.0. The Labute approximate surface area is 212 Å². The lowest BCUT2D eigenvalue weighted by Gasteiger charge is -2.38. The number of carbonyl (C=O) groups is 1. The summed E-state index contributed by atoms with van der Waals surface area (Å²) in [5.41, 5.74) is 2.71. The molecule has 5 rings (SSSR count). The Morgan fingerprint density at radius 3 is 2.68 bits per heavy atom. The van der Waals surface area contributed by atoms with Crippen LogP contribution in [0.3, 0.4) is 0 Å². The maximum absolute atomic E-state index is 15.0. The molecule has 1 aliphatic carbocycles. The van der Waals surface area contributed by atoms with Crippen molar-refractivity contribution in [1.29, 1.82) is 0 Å². The van der Waals surface area contributed by atoms with Crippen molar-refractivity contribution in [1.82, 2.24) is 9.88 Å². The first-order valence-electron chi connectivity index (χ1n) is 11.7. The lowest BCUT2D eigenvalue weighted by molar-refractivity contribution is -0.137. The smallest absolute Gasteiger partial charge is 0.303 e. The Bertz CT molecular complexity index is 1590. The van der Waals surface area contributed by atoms with Gasteiger partial charge in [-0.15, -0.1) is 0 Å². The maximum atomic E-state index is 15.0. The minimum absolute atomic E-state index is 0.0975. The molecular formula is C26H25F2N3O5S.